The number of rotatable bonds is 9. The summed E-state index contributed by atoms with van der Waals surface area (Å²) < 4.78 is 5.62. The van der Waals surface area contributed by atoms with Crippen molar-refractivity contribution < 1.29 is 9.53 Å². The maximum atomic E-state index is 12.9. The SMILES string of the molecule is C=CC(C)(C/C1=C/Sc2ccccc2C(c2ccccc2OC)=NC1)C(=O)NCCCC. The Morgan fingerprint density at radius 3 is 2.66 bits per heavy atom. The molecule has 168 valence electrons. The molecule has 2 aromatic rings. The molecular formula is C27H32N2O2S. The number of methoxy groups -OCH3 is 1. The first-order valence-electron chi connectivity index (χ1n) is 11.1. The molecule has 4 nitrogen and oxygen atoms in total. The third kappa shape index (κ3) is 5.52. The van der Waals surface area contributed by atoms with Crippen molar-refractivity contribution in [1.82, 2.24) is 5.32 Å². The molecule has 3 rings (SSSR count). The van der Waals surface area contributed by atoms with Crippen LogP contribution in [0.15, 0.2) is 82.1 Å². The summed E-state index contributed by atoms with van der Waals surface area (Å²) in [6.45, 7) is 9.23. The zero-order valence-electron chi connectivity index (χ0n) is 19.2. The predicted octanol–water partition coefficient (Wildman–Crippen LogP) is 6.02. The van der Waals surface area contributed by atoms with Crippen LogP contribution in [0.2, 0.25) is 0 Å². The number of carbonyl (C=O) groups is 1. The number of nitrogens with one attached hydrogen (secondary N) is 1. The average Bonchev–Trinajstić information content (AvgIpc) is 2.81. The van der Waals surface area contributed by atoms with E-state index >= 15 is 0 Å². The first-order valence-corrected chi connectivity index (χ1v) is 11.9. The molecule has 1 aliphatic rings. The Kier molecular flexibility index (Phi) is 8.34. The van der Waals surface area contributed by atoms with Crippen molar-refractivity contribution in [3.05, 3.63) is 83.3 Å². The summed E-state index contributed by atoms with van der Waals surface area (Å²) in [6, 6.07) is 16.2. The second-order valence-electron chi connectivity index (χ2n) is 8.16. The minimum atomic E-state index is -0.682. The summed E-state index contributed by atoms with van der Waals surface area (Å²) in [5, 5.41) is 5.20. The molecule has 1 aliphatic heterocycles. The predicted molar refractivity (Wildman–Crippen MR) is 135 cm³/mol. The van der Waals surface area contributed by atoms with Gasteiger partial charge >= 0.3 is 0 Å². The van der Waals surface area contributed by atoms with E-state index < -0.39 is 5.41 Å². The van der Waals surface area contributed by atoms with Crippen molar-refractivity contribution in [2.24, 2.45) is 10.4 Å². The van der Waals surface area contributed by atoms with Gasteiger partial charge < -0.3 is 10.1 Å². The standard InChI is InChI=1S/C27H32N2O2S/c1-5-7-16-28-26(30)27(3,6-2)17-20-18-29-25(21-12-8-10-14-23(21)31-4)22-13-9-11-15-24(22)32-19-20/h6,8-15,19H,2,5,7,16-18H2,1,3-4H3,(H,28,30)/b20-19-,29-25?. The molecule has 0 radical (unpaired) electrons. The lowest BCUT2D eigenvalue weighted by Gasteiger charge is -2.26. The second kappa shape index (κ2) is 11.2. The molecule has 32 heavy (non-hydrogen) atoms. The van der Waals surface area contributed by atoms with Crippen molar-refractivity contribution >= 4 is 23.4 Å². The van der Waals surface area contributed by atoms with E-state index in [9.17, 15) is 4.79 Å². The molecule has 0 spiro atoms. The normalized spacial score (nSPS) is 16.8. The van der Waals surface area contributed by atoms with Gasteiger partial charge in [0.2, 0.25) is 5.91 Å². The van der Waals surface area contributed by atoms with Gasteiger partial charge in [-0.3, -0.25) is 9.79 Å². The maximum Gasteiger partial charge on any atom is 0.230 e. The highest BCUT2D eigenvalue weighted by atomic mass is 32.2. The van der Waals surface area contributed by atoms with Crippen molar-refractivity contribution in [2.75, 3.05) is 20.2 Å². The van der Waals surface area contributed by atoms with E-state index in [2.05, 4.69) is 36.4 Å². The van der Waals surface area contributed by atoms with E-state index in [1.165, 1.54) is 0 Å². The summed E-state index contributed by atoms with van der Waals surface area (Å²) in [5.41, 5.74) is 3.38. The van der Waals surface area contributed by atoms with Gasteiger partial charge in [-0.2, -0.15) is 0 Å². The Hall–Kier alpha value is -2.79. The third-order valence-corrected chi connectivity index (χ3v) is 6.74. The molecule has 0 fully saturated rings. The number of thioether (sulfide) groups is 1. The molecular weight excluding hydrogens is 416 g/mol. The van der Waals surface area contributed by atoms with Crippen LogP contribution in [-0.2, 0) is 4.79 Å². The molecule has 1 unspecified atom stereocenters. The van der Waals surface area contributed by atoms with Crippen LogP contribution in [0.5, 0.6) is 5.75 Å². The third-order valence-electron chi connectivity index (χ3n) is 5.68. The molecule has 0 saturated heterocycles. The summed E-state index contributed by atoms with van der Waals surface area (Å²) in [6.07, 6.45) is 4.36. The van der Waals surface area contributed by atoms with Crippen LogP contribution >= 0.6 is 11.8 Å². The summed E-state index contributed by atoms with van der Waals surface area (Å²) in [4.78, 5) is 19.1. The Labute approximate surface area is 195 Å². The van der Waals surface area contributed by atoms with E-state index in [1.54, 1.807) is 24.9 Å². The van der Waals surface area contributed by atoms with Crippen LogP contribution in [-0.4, -0.2) is 31.8 Å². The van der Waals surface area contributed by atoms with Crippen LogP contribution in [0.4, 0.5) is 0 Å². The van der Waals surface area contributed by atoms with Crippen LogP contribution in [0.3, 0.4) is 0 Å². The highest BCUT2D eigenvalue weighted by molar-refractivity contribution is 8.02. The molecule has 0 saturated carbocycles. The number of benzene rings is 2. The van der Waals surface area contributed by atoms with Crippen LogP contribution in [0, 0.1) is 5.41 Å². The molecule has 0 aliphatic carbocycles. The van der Waals surface area contributed by atoms with E-state index in [0.29, 0.717) is 19.5 Å². The van der Waals surface area contributed by atoms with Crippen LogP contribution in [0.1, 0.15) is 44.2 Å². The van der Waals surface area contributed by atoms with Crippen LogP contribution in [0.25, 0.3) is 0 Å². The number of para-hydroxylation sites is 1. The van der Waals surface area contributed by atoms with Crippen molar-refractivity contribution in [2.45, 2.75) is 38.0 Å². The minimum Gasteiger partial charge on any atom is -0.496 e. The molecule has 1 N–H and O–H groups in total. The first kappa shape index (κ1) is 23.9. The average molecular weight is 449 g/mol. The summed E-state index contributed by atoms with van der Waals surface area (Å²) >= 11 is 1.68. The first-order chi connectivity index (χ1) is 15.5. The van der Waals surface area contributed by atoms with Gasteiger partial charge in [0.25, 0.3) is 0 Å². The number of nitrogens with zero attached hydrogens (tertiary/aromatic N) is 1. The molecule has 1 atom stereocenters. The molecule has 0 bridgehead atoms. The highest BCUT2D eigenvalue weighted by Crippen LogP contribution is 2.35. The fourth-order valence-corrected chi connectivity index (χ4v) is 4.58. The highest BCUT2D eigenvalue weighted by Gasteiger charge is 2.31. The minimum absolute atomic E-state index is 0.0169. The maximum absolute atomic E-state index is 12.9. The Morgan fingerprint density at radius 2 is 1.94 bits per heavy atom. The number of fused-ring (bicyclic) bond motifs is 1. The smallest absolute Gasteiger partial charge is 0.230 e. The lowest BCUT2D eigenvalue weighted by atomic mass is 9.82. The zero-order valence-corrected chi connectivity index (χ0v) is 20.0. The Balaban J connectivity index is 1.94. The van der Waals surface area contributed by atoms with E-state index in [1.807, 2.05) is 43.3 Å². The number of unbranched alkanes of at least 4 members (excludes halogenated alkanes) is 1. The van der Waals surface area contributed by atoms with E-state index in [-0.39, 0.29) is 5.91 Å². The topological polar surface area (TPSA) is 50.7 Å². The number of ether oxygens (including phenoxy) is 1. The van der Waals surface area contributed by atoms with Crippen molar-refractivity contribution in [3.8, 4) is 5.75 Å². The zero-order chi connectivity index (χ0) is 23.0. The molecule has 2 aromatic carbocycles. The van der Waals surface area contributed by atoms with E-state index in [0.717, 1.165) is 45.9 Å². The van der Waals surface area contributed by atoms with Crippen LogP contribution < -0.4 is 10.1 Å². The number of aliphatic imine (C=N–C) groups is 1. The fourth-order valence-electron chi connectivity index (χ4n) is 3.68. The van der Waals surface area contributed by atoms with Gasteiger partial charge in [0.05, 0.1) is 24.8 Å². The lowest BCUT2D eigenvalue weighted by Crippen LogP contribution is -2.38. The fraction of sp³-hybridized carbons (Fsp3) is 0.333. The number of carbonyl (C=O) groups excluding carboxylic acids is 1. The van der Waals surface area contributed by atoms with Gasteiger partial charge in [-0.1, -0.05) is 61.5 Å². The Bertz CT molecular complexity index is 1030. The van der Waals surface area contributed by atoms with Gasteiger partial charge in [0, 0.05) is 22.6 Å². The lowest BCUT2D eigenvalue weighted by molar-refractivity contribution is -0.127. The number of amides is 1. The van der Waals surface area contributed by atoms with Crippen molar-refractivity contribution in [1.29, 1.82) is 0 Å². The quantitative estimate of drug-likeness (QED) is 0.377. The molecule has 5 heteroatoms. The van der Waals surface area contributed by atoms with Gasteiger partial charge in [0.1, 0.15) is 5.75 Å². The summed E-state index contributed by atoms with van der Waals surface area (Å²) in [7, 11) is 1.68. The molecule has 1 amide bonds. The number of hydrogen-bond acceptors (Lipinski definition) is 4. The van der Waals surface area contributed by atoms with Gasteiger partial charge in [0.15, 0.2) is 0 Å². The summed E-state index contributed by atoms with van der Waals surface area (Å²) in [5.74, 6) is 0.812. The molecule has 0 aromatic heterocycles. The van der Waals surface area contributed by atoms with Gasteiger partial charge in [-0.05, 0) is 48.9 Å². The molecule has 1 heterocycles. The second-order valence-corrected chi connectivity index (χ2v) is 9.07. The Morgan fingerprint density at radius 1 is 1.22 bits per heavy atom. The van der Waals surface area contributed by atoms with Gasteiger partial charge in [-0.25, -0.2) is 0 Å². The van der Waals surface area contributed by atoms with E-state index in [4.69, 9.17) is 9.73 Å². The monoisotopic (exact) mass is 448 g/mol. The van der Waals surface area contributed by atoms with Gasteiger partial charge in [-0.15, -0.1) is 6.58 Å². The largest absolute Gasteiger partial charge is 0.496 e. The number of hydrogen-bond donors (Lipinski definition) is 1. The van der Waals surface area contributed by atoms with Crippen molar-refractivity contribution in [3.63, 3.8) is 0 Å².